The molecule has 21 heavy (non-hydrogen) atoms. The number of carbonyl (C=O) groups is 1. The minimum Gasteiger partial charge on any atom is -0.450 e. The molecule has 116 valence electrons. The number of aromatic nitrogens is 1. The predicted octanol–water partition coefficient (Wildman–Crippen LogP) is 1.98. The Kier molecular flexibility index (Phi) is 8.21. The number of hydrogen-bond acceptors (Lipinski definition) is 4. The van der Waals surface area contributed by atoms with Crippen LogP contribution in [-0.2, 0) is 15.7 Å². The Morgan fingerprint density at radius 3 is 2.57 bits per heavy atom. The van der Waals surface area contributed by atoms with E-state index in [1.165, 1.54) is 7.05 Å². The van der Waals surface area contributed by atoms with Crippen LogP contribution in [0.25, 0.3) is 10.9 Å². The van der Waals surface area contributed by atoms with Gasteiger partial charge in [0.15, 0.2) is 0 Å². The summed E-state index contributed by atoms with van der Waals surface area (Å²) in [5.74, 6) is -0.282. The molecule has 0 radical (unpaired) electrons. The fourth-order valence-corrected chi connectivity index (χ4v) is 3.05. The van der Waals surface area contributed by atoms with Gasteiger partial charge in [0.05, 0.1) is 15.0 Å². The largest absolute Gasteiger partial charge is 0.450 e. The highest BCUT2D eigenvalue weighted by Gasteiger charge is 2.24. The van der Waals surface area contributed by atoms with Crippen molar-refractivity contribution in [2.45, 2.75) is 12.5 Å². The number of carbonyl (C=O) groups excluding carboxylic acids is 1. The molecule has 0 fully saturated rings. The number of hydrogen-bond donors (Lipinski definition) is 1. The molecule has 9 heteroatoms. The second kappa shape index (κ2) is 9.11. The van der Waals surface area contributed by atoms with Crippen LogP contribution in [0.1, 0.15) is 5.56 Å². The predicted molar refractivity (Wildman–Crippen MR) is 102 cm³/mol. The summed E-state index contributed by atoms with van der Waals surface area (Å²) in [6.07, 6.45) is 2.61. The maximum atomic E-state index is 11.8. The van der Waals surface area contributed by atoms with E-state index in [0.29, 0.717) is 6.42 Å². The maximum absolute atomic E-state index is 11.8. The SMILES string of the molecule is CN.O=C(OP)C(Cc1cn(P)c2ccccc12)N(P)P. The molecule has 5 nitrogen and oxygen atoms in total. The second-order valence-electron chi connectivity index (χ2n) is 4.18. The molecular formula is C12H21N3O2P4. The first-order valence-corrected chi connectivity index (χ1v) is 8.17. The molecule has 0 aliphatic rings. The van der Waals surface area contributed by atoms with Gasteiger partial charge in [-0.05, 0) is 28.1 Å². The van der Waals surface area contributed by atoms with Gasteiger partial charge in [-0.15, -0.1) is 0 Å². The Morgan fingerprint density at radius 1 is 1.38 bits per heavy atom. The van der Waals surface area contributed by atoms with Gasteiger partial charge in [0, 0.05) is 18.0 Å². The van der Waals surface area contributed by atoms with Crippen LogP contribution in [0.3, 0.4) is 0 Å². The van der Waals surface area contributed by atoms with Gasteiger partial charge in [-0.2, -0.15) is 0 Å². The zero-order chi connectivity index (χ0) is 16.0. The van der Waals surface area contributed by atoms with Crippen molar-refractivity contribution < 1.29 is 9.32 Å². The molecule has 0 bridgehead atoms. The average molecular weight is 363 g/mol. The van der Waals surface area contributed by atoms with Gasteiger partial charge < -0.3 is 14.6 Å². The monoisotopic (exact) mass is 363 g/mol. The van der Waals surface area contributed by atoms with E-state index in [1.807, 2.05) is 38.2 Å². The fraction of sp³-hybridized carbons (Fsp3) is 0.250. The van der Waals surface area contributed by atoms with Gasteiger partial charge in [-0.25, -0.2) is 0 Å². The minimum absolute atomic E-state index is 0.282. The van der Waals surface area contributed by atoms with E-state index < -0.39 is 0 Å². The lowest BCUT2D eigenvalue weighted by atomic mass is 10.1. The van der Waals surface area contributed by atoms with Crippen LogP contribution in [0, 0.1) is 0 Å². The molecule has 0 aliphatic carbocycles. The lowest BCUT2D eigenvalue weighted by Crippen LogP contribution is -2.31. The third-order valence-corrected chi connectivity index (χ3v) is 4.36. The summed E-state index contributed by atoms with van der Waals surface area (Å²) in [4.78, 5) is 11.8. The normalized spacial score (nSPS) is 12.0. The van der Waals surface area contributed by atoms with Gasteiger partial charge in [0.25, 0.3) is 0 Å². The highest BCUT2D eigenvalue weighted by atomic mass is 31.1. The molecule has 0 saturated heterocycles. The molecule has 0 saturated carbocycles. The molecular weight excluding hydrogens is 342 g/mol. The molecule has 2 N–H and O–H groups in total. The van der Waals surface area contributed by atoms with Crippen LogP contribution >= 0.6 is 37.6 Å². The maximum Gasteiger partial charge on any atom is 0.326 e. The molecule has 1 aromatic heterocycles. The second-order valence-corrected chi connectivity index (χ2v) is 6.76. The van der Waals surface area contributed by atoms with Gasteiger partial charge in [-0.3, -0.25) is 9.24 Å². The smallest absolute Gasteiger partial charge is 0.326 e. The summed E-state index contributed by atoms with van der Waals surface area (Å²) in [5, 5.41) is 1.15. The van der Waals surface area contributed by atoms with Crippen molar-refractivity contribution in [3.8, 4) is 0 Å². The van der Waals surface area contributed by atoms with Gasteiger partial charge in [0.2, 0.25) is 0 Å². The van der Waals surface area contributed by atoms with Crippen molar-refractivity contribution in [2.75, 3.05) is 7.05 Å². The average Bonchev–Trinajstić information content (AvgIpc) is 2.82. The minimum atomic E-state index is -0.358. The molecule has 0 amide bonds. The van der Waals surface area contributed by atoms with Crippen LogP contribution in [0.4, 0.5) is 0 Å². The van der Waals surface area contributed by atoms with E-state index in [2.05, 4.69) is 40.0 Å². The summed E-state index contributed by atoms with van der Waals surface area (Å²) in [6.45, 7) is 0. The molecule has 2 rings (SSSR count). The summed E-state index contributed by atoms with van der Waals surface area (Å²) in [5.41, 5.74) is 6.74. The molecule has 5 unspecified atom stereocenters. The molecule has 2 aromatic rings. The van der Waals surface area contributed by atoms with Crippen LogP contribution in [0.5, 0.6) is 0 Å². The molecule has 0 aliphatic heterocycles. The van der Waals surface area contributed by atoms with Crippen molar-refractivity contribution in [3.05, 3.63) is 36.0 Å². The van der Waals surface area contributed by atoms with Crippen molar-refractivity contribution in [1.29, 1.82) is 0 Å². The van der Waals surface area contributed by atoms with E-state index in [0.717, 1.165) is 16.5 Å². The highest BCUT2D eigenvalue weighted by molar-refractivity contribution is 7.31. The third kappa shape index (κ3) is 4.67. The van der Waals surface area contributed by atoms with Crippen LogP contribution < -0.4 is 5.73 Å². The van der Waals surface area contributed by atoms with E-state index in [9.17, 15) is 4.79 Å². The van der Waals surface area contributed by atoms with Gasteiger partial charge >= 0.3 is 5.97 Å². The summed E-state index contributed by atoms with van der Waals surface area (Å²) < 4.78 is 8.46. The Hall–Kier alpha value is -0.130. The zero-order valence-corrected chi connectivity index (χ0v) is 16.4. The Bertz CT molecular complexity index is 603. The third-order valence-electron chi connectivity index (χ3n) is 2.98. The number of para-hydroxylation sites is 1. The quantitative estimate of drug-likeness (QED) is 0.844. The number of rotatable bonds is 4. The first kappa shape index (κ1) is 18.9. The molecule has 1 aromatic carbocycles. The highest BCUT2D eigenvalue weighted by Crippen LogP contribution is 2.27. The van der Waals surface area contributed by atoms with E-state index in [4.69, 9.17) is 4.52 Å². The zero-order valence-electron chi connectivity index (χ0n) is 11.8. The van der Waals surface area contributed by atoms with Crippen molar-refractivity contribution in [1.82, 2.24) is 8.78 Å². The molecule has 1 heterocycles. The Morgan fingerprint density at radius 2 is 2.00 bits per heavy atom. The van der Waals surface area contributed by atoms with Crippen molar-refractivity contribution in [3.63, 3.8) is 0 Å². The van der Waals surface area contributed by atoms with Crippen molar-refractivity contribution in [2.24, 2.45) is 5.73 Å². The number of benzene rings is 1. The Balaban J connectivity index is 0.00000106. The summed E-state index contributed by atoms with van der Waals surface area (Å²) >= 11 is 0. The lowest BCUT2D eigenvalue weighted by molar-refractivity contribution is -0.136. The van der Waals surface area contributed by atoms with E-state index >= 15 is 0 Å². The number of fused-ring (bicyclic) bond motifs is 1. The van der Waals surface area contributed by atoms with Gasteiger partial charge in [-0.1, -0.05) is 37.0 Å². The standard InChI is InChI=1S/C11H16N2O2P4.CH5N/c14-11(15-19)10(13(17)18)5-7-6-12(16)9-4-2-1-3-8(7)9;1-2/h1-4,6,10H,5,16-19H2;2H2,1H3. The lowest BCUT2D eigenvalue weighted by Gasteiger charge is -2.20. The first-order chi connectivity index (χ1) is 10.0. The van der Waals surface area contributed by atoms with Crippen molar-refractivity contribution >= 4 is 54.5 Å². The summed E-state index contributed by atoms with van der Waals surface area (Å²) in [6, 6.07) is 7.75. The fourth-order valence-electron chi connectivity index (χ4n) is 2.04. The molecule has 0 spiro atoms. The number of nitrogens with two attached hydrogens (primary N) is 1. The van der Waals surface area contributed by atoms with Gasteiger partial charge in [0.1, 0.15) is 6.04 Å². The van der Waals surface area contributed by atoms with Crippen LogP contribution in [0.2, 0.25) is 0 Å². The Labute approximate surface area is 134 Å². The molecule has 5 atom stereocenters. The topological polar surface area (TPSA) is 60.5 Å². The number of nitrogens with zero attached hydrogens (tertiary/aromatic N) is 2. The summed E-state index contributed by atoms with van der Waals surface area (Å²) in [7, 11) is 11.1. The van der Waals surface area contributed by atoms with E-state index in [-0.39, 0.29) is 12.0 Å². The first-order valence-electron chi connectivity index (χ1n) is 6.15. The van der Waals surface area contributed by atoms with Crippen LogP contribution in [0.15, 0.2) is 30.5 Å². The van der Waals surface area contributed by atoms with E-state index in [1.54, 1.807) is 4.44 Å². The van der Waals surface area contributed by atoms with Crippen LogP contribution in [-0.4, -0.2) is 27.8 Å².